The van der Waals surface area contributed by atoms with Gasteiger partial charge in [-0.1, -0.05) is 0 Å². The monoisotopic (exact) mass is 309 g/mol. The largest absolute Gasteiger partial charge is 0.490 e. The predicted octanol–water partition coefficient (Wildman–Crippen LogP) is 2.04. The topological polar surface area (TPSA) is 55.8 Å². The Morgan fingerprint density at radius 1 is 1.41 bits per heavy atom. The summed E-state index contributed by atoms with van der Waals surface area (Å²) in [5.74, 6) is -0.368. The highest BCUT2D eigenvalue weighted by atomic mass is 19.1. The third kappa shape index (κ3) is 4.53. The maximum absolute atomic E-state index is 13.5. The molecule has 0 N–H and O–H groups in total. The molecule has 2 rings (SSSR count). The number of nitrogens with zero attached hydrogens (tertiary/aromatic N) is 1. The van der Waals surface area contributed by atoms with Crippen LogP contribution >= 0.6 is 0 Å². The Kier molecular flexibility index (Phi) is 5.89. The molecule has 1 aliphatic heterocycles. The van der Waals surface area contributed by atoms with Crippen LogP contribution in [0.15, 0.2) is 18.2 Å². The second kappa shape index (κ2) is 7.89. The first-order valence-corrected chi connectivity index (χ1v) is 7.41. The fourth-order valence-corrected chi connectivity index (χ4v) is 2.44. The molecule has 22 heavy (non-hydrogen) atoms. The Balaban J connectivity index is 1.81. The smallest absolute Gasteiger partial charge is 0.320 e. The van der Waals surface area contributed by atoms with Gasteiger partial charge in [-0.15, -0.1) is 0 Å². The van der Waals surface area contributed by atoms with Gasteiger partial charge < -0.3 is 9.47 Å². The van der Waals surface area contributed by atoms with Gasteiger partial charge in [0.15, 0.2) is 6.29 Å². The first-order valence-electron chi connectivity index (χ1n) is 7.41. The molecule has 0 bridgehead atoms. The molecule has 6 heteroatoms. The fourth-order valence-electron chi connectivity index (χ4n) is 2.44. The van der Waals surface area contributed by atoms with E-state index in [0.29, 0.717) is 25.2 Å². The zero-order valence-electron chi connectivity index (χ0n) is 12.6. The SMILES string of the molecule is CCOC(=O)CN1CCC(Oc2ccc(C=O)c(F)c2)CC1. The van der Waals surface area contributed by atoms with Crippen molar-refractivity contribution in [1.29, 1.82) is 0 Å². The van der Waals surface area contributed by atoms with E-state index in [1.807, 2.05) is 4.90 Å². The number of carbonyl (C=O) groups is 2. The number of ether oxygens (including phenoxy) is 2. The molecule has 0 amide bonds. The number of rotatable bonds is 6. The Labute approximate surface area is 129 Å². The van der Waals surface area contributed by atoms with E-state index in [0.717, 1.165) is 25.9 Å². The third-order valence-electron chi connectivity index (χ3n) is 3.59. The number of aldehydes is 1. The summed E-state index contributed by atoms with van der Waals surface area (Å²) < 4.78 is 24.2. The summed E-state index contributed by atoms with van der Waals surface area (Å²) in [5.41, 5.74) is 0.0246. The van der Waals surface area contributed by atoms with Crippen LogP contribution in [0.1, 0.15) is 30.1 Å². The lowest BCUT2D eigenvalue weighted by molar-refractivity contribution is -0.144. The number of piperidine rings is 1. The second-order valence-corrected chi connectivity index (χ2v) is 5.20. The number of halogens is 1. The van der Waals surface area contributed by atoms with Crippen LogP contribution in [0.5, 0.6) is 5.75 Å². The van der Waals surface area contributed by atoms with Gasteiger partial charge in [-0.3, -0.25) is 14.5 Å². The zero-order valence-corrected chi connectivity index (χ0v) is 12.6. The van der Waals surface area contributed by atoms with Crippen molar-refractivity contribution < 1.29 is 23.5 Å². The summed E-state index contributed by atoms with van der Waals surface area (Å²) in [4.78, 5) is 24.0. The van der Waals surface area contributed by atoms with Crippen LogP contribution in [0, 0.1) is 5.82 Å². The van der Waals surface area contributed by atoms with E-state index in [2.05, 4.69) is 0 Å². The molecule has 0 saturated carbocycles. The molecule has 0 unspecified atom stereocenters. The first kappa shape index (κ1) is 16.4. The van der Waals surface area contributed by atoms with Crippen molar-refractivity contribution in [2.75, 3.05) is 26.2 Å². The van der Waals surface area contributed by atoms with Gasteiger partial charge in [-0.05, 0) is 31.9 Å². The number of hydrogen-bond acceptors (Lipinski definition) is 5. The summed E-state index contributed by atoms with van der Waals surface area (Å²) in [6.45, 7) is 3.94. The van der Waals surface area contributed by atoms with Crippen LogP contribution in [0.4, 0.5) is 4.39 Å². The molecule has 0 spiro atoms. The van der Waals surface area contributed by atoms with Crippen LogP contribution in [0.2, 0.25) is 0 Å². The van der Waals surface area contributed by atoms with E-state index in [1.54, 1.807) is 13.0 Å². The van der Waals surface area contributed by atoms with Gasteiger partial charge in [-0.2, -0.15) is 0 Å². The number of hydrogen-bond donors (Lipinski definition) is 0. The van der Waals surface area contributed by atoms with Gasteiger partial charge in [0.05, 0.1) is 18.7 Å². The molecule has 1 aromatic rings. The average molecular weight is 309 g/mol. The van der Waals surface area contributed by atoms with Crippen LogP contribution < -0.4 is 4.74 Å². The molecular formula is C16H20FNO4. The molecule has 0 atom stereocenters. The van der Waals surface area contributed by atoms with Crippen LogP contribution in [0.25, 0.3) is 0 Å². The maximum Gasteiger partial charge on any atom is 0.320 e. The van der Waals surface area contributed by atoms with E-state index in [9.17, 15) is 14.0 Å². The van der Waals surface area contributed by atoms with Crippen molar-refractivity contribution in [3.63, 3.8) is 0 Å². The minimum absolute atomic E-state index is 0.0140. The molecule has 1 saturated heterocycles. The lowest BCUT2D eigenvalue weighted by Gasteiger charge is -2.31. The van der Waals surface area contributed by atoms with Crippen molar-refractivity contribution in [1.82, 2.24) is 4.90 Å². The van der Waals surface area contributed by atoms with Crippen molar-refractivity contribution in [3.05, 3.63) is 29.6 Å². The molecule has 0 radical (unpaired) electrons. The standard InChI is InChI=1S/C16H20FNO4/c1-2-21-16(20)10-18-7-5-13(6-8-18)22-14-4-3-12(11-19)15(17)9-14/h3-4,9,11,13H,2,5-8,10H2,1H3. The summed E-state index contributed by atoms with van der Waals surface area (Å²) in [6, 6.07) is 4.24. The highest BCUT2D eigenvalue weighted by Crippen LogP contribution is 2.21. The minimum atomic E-state index is -0.577. The lowest BCUT2D eigenvalue weighted by atomic mass is 10.1. The molecule has 1 heterocycles. The molecule has 1 aromatic carbocycles. The van der Waals surface area contributed by atoms with E-state index >= 15 is 0 Å². The normalized spacial score (nSPS) is 16.3. The first-order chi connectivity index (χ1) is 10.6. The van der Waals surface area contributed by atoms with Gasteiger partial charge in [0, 0.05) is 19.2 Å². The van der Waals surface area contributed by atoms with Crippen LogP contribution in [-0.4, -0.2) is 49.5 Å². The van der Waals surface area contributed by atoms with Crippen molar-refractivity contribution in [2.45, 2.75) is 25.9 Å². The van der Waals surface area contributed by atoms with Gasteiger partial charge in [-0.25, -0.2) is 4.39 Å². The number of carbonyl (C=O) groups excluding carboxylic acids is 2. The lowest BCUT2D eigenvalue weighted by Crippen LogP contribution is -2.41. The second-order valence-electron chi connectivity index (χ2n) is 5.20. The minimum Gasteiger partial charge on any atom is -0.490 e. The summed E-state index contributed by atoms with van der Waals surface area (Å²) in [6.07, 6.45) is 1.99. The Morgan fingerprint density at radius 3 is 2.73 bits per heavy atom. The van der Waals surface area contributed by atoms with Gasteiger partial charge in [0.1, 0.15) is 17.7 Å². The Hall–Kier alpha value is -1.95. The highest BCUT2D eigenvalue weighted by molar-refractivity contribution is 5.75. The Bertz CT molecular complexity index is 527. The number of benzene rings is 1. The molecule has 1 aliphatic rings. The molecule has 5 nitrogen and oxygen atoms in total. The van der Waals surface area contributed by atoms with E-state index in [-0.39, 0.29) is 17.6 Å². The van der Waals surface area contributed by atoms with Crippen LogP contribution in [0.3, 0.4) is 0 Å². The molecule has 120 valence electrons. The van der Waals surface area contributed by atoms with Crippen molar-refractivity contribution >= 4 is 12.3 Å². The average Bonchev–Trinajstić information content (AvgIpc) is 2.50. The fraction of sp³-hybridized carbons (Fsp3) is 0.500. The summed E-state index contributed by atoms with van der Waals surface area (Å²) in [7, 11) is 0. The molecule has 0 aliphatic carbocycles. The van der Waals surface area contributed by atoms with Gasteiger partial charge in [0.25, 0.3) is 0 Å². The summed E-state index contributed by atoms with van der Waals surface area (Å²) >= 11 is 0. The Morgan fingerprint density at radius 2 is 2.14 bits per heavy atom. The predicted molar refractivity (Wildman–Crippen MR) is 78.5 cm³/mol. The number of esters is 1. The van der Waals surface area contributed by atoms with E-state index in [1.165, 1.54) is 12.1 Å². The van der Waals surface area contributed by atoms with Crippen molar-refractivity contribution in [3.8, 4) is 5.75 Å². The van der Waals surface area contributed by atoms with E-state index in [4.69, 9.17) is 9.47 Å². The third-order valence-corrected chi connectivity index (χ3v) is 3.59. The van der Waals surface area contributed by atoms with Gasteiger partial charge >= 0.3 is 5.97 Å². The summed E-state index contributed by atoms with van der Waals surface area (Å²) in [5, 5.41) is 0. The molecule has 0 aromatic heterocycles. The van der Waals surface area contributed by atoms with E-state index < -0.39 is 5.82 Å². The highest BCUT2D eigenvalue weighted by Gasteiger charge is 2.22. The molecule has 1 fully saturated rings. The quantitative estimate of drug-likeness (QED) is 0.594. The maximum atomic E-state index is 13.5. The zero-order chi connectivity index (χ0) is 15.9. The van der Waals surface area contributed by atoms with Crippen LogP contribution in [-0.2, 0) is 9.53 Å². The number of likely N-dealkylation sites (tertiary alicyclic amines) is 1. The molecular weight excluding hydrogens is 289 g/mol. The van der Waals surface area contributed by atoms with Gasteiger partial charge in [0.2, 0.25) is 0 Å². The van der Waals surface area contributed by atoms with Crippen molar-refractivity contribution in [2.24, 2.45) is 0 Å².